The number of esters is 1. The zero-order valence-corrected chi connectivity index (χ0v) is 14.6. The molecule has 0 spiro atoms. The predicted octanol–water partition coefficient (Wildman–Crippen LogP) is -0.337. The van der Waals surface area contributed by atoms with Crippen LogP contribution in [-0.2, 0) is 16.6 Å². The fourth-order valence-corrected chi connectivity index (χ4v) is 2.09. The number of aromatic amines is 1. The van der Waals surface area contributed by atoms with Crippen LogP contribution >= 0.6 is 0 Å². The van der Waals surface area contributed by atoms with Gasteiger partial charge in [0.1, 0.15) is 17.1 Å². The molecule has 0 fully saturated rings. The van der Waals surface area contributed by atoms with E-state index in [4.69, 9.17) is 15.2 Å². The molecule has 0 saturated heterocycles. The Labute approximate surface area is 152 Å². The summed E-state index contributed by atoms with van der Waals surface area (Å²) in [6, 6.07) is 6.11. The Morgan fingerprint density at radius 2 is 1.74 bits per heavy atom. The van der Waals surface area contributed by atoms with Crippen molar-refractivity contribution < 1.29 is 23.9 Å². The lowest BCUT2D eigenvalue weighted by atomic mass is 10.1. The quantitative estimate of drug-likeness (QED) is 0.493. The summed E-state index contributed by atoms with van der Waals surface area (Å²) in [6.45, 7) is 0.204. The summed E-state index contributed by atoms with van der Waals surface area (Å²) in [5, 5.41) is 0. The van der Waals surface area contributed by atoms with Crippen molar-refractivity contribution >= 4 is 23.4 Å². The molecule has 0 unspecified atom stereocenters. The van der Waals surface area contributed by atoms with Gasteiger partial charge in [-0.05, 0) is 31.2 Å². The number of nitrogens with one attached hydrogen (secondary N) is 1. The van der Waals surface area contributed by atoms with Crippen molar-refractivity contribution in [1.82, 2.24) is 9.55 Å². The first-order valence-electron chi connectivity index (χ1n) is 7.72. The molecule has 10 nitrogen and oxygen atoms in total. The number of nitrogens with two attached hydrogens (primary N) is 1. The van der Waals surface area contributed by atoms with Crippen LogP contribution in [0.5, 0.6) is 5.75 Å². The number of benzene rings is 1. The van der Waals surface area contributed by atoms with Gasteiger partial charge in [0, 0.05) is 12.6 Å². The molecule has 0 aliphatic carbocycles. The van der Waals surface area contributed by atoms with E-state index in [1.54, 1.807) is 12.1 Å². The molecule has 1 heterocycles. The molecule has 0 aliphatic rings. The Bertz CT molecular complexity index is 1000. The third-order valence-corrected chi connectivity index (χ3v) is 3.63. The van der Waals surface area contributed by atoms with E-state index in [9.17, 15) is 24.0 Å². The minimum atomic E-state index is -0.960. The summed E-state index contributed by atoms with van der Waals surface area (Å²) < 4.78 is 10.8. The highest BCUT2D eigenvalue weighted by Crippen LogP contribution is 2.12. The van der Waals surface area contributed by atoms with Crippen molar-refractivity contribution in [3.63, 3.8) is 0 Å². The molecule has 3 N–H and O–H groups in total. The van der Waals surface area contributed by atoms with Crippen LogP contribution in [0.3, 0.4) is 0 Å². The third kappa shape index (κ3) is 4.69. The molecular weight excluding hydrogens is 358 g/mol. The highest BCUT2D eigenvalue weighted by molar-refractivity contribution is 6.01. The van der Waals surface area contributed by atoms with Gasteiger partial charge in [-0.25, -0.2) is 9.59 Å². The molecule has 0 saturated carbocycles. The standard InChI is InChI=1S/C17H17N3O7/c1-9(21)10-3-5-11(6-4-10)26-8-13(23)27-7-12(22)14-15(18)20(2)17(25)19-16(14)24/h3-6H,7-8,18H2,1-2H3,(H,19,24,25). The zero-order valence-electron chi connectivity index (χ0n) is 14.6. The van der Waals surface area contributed by atoms with Crippen molar-refractivity contribution in [3.8, 4) is 5.75 Å². The van der Waals surface area contributed by atoms with Gasteiger partial charge in [-0.2, -0.15) is 0 Å². The van der Waals surface area contributed by atoms with Crippen LogP contribution in [0.15, 0.2) is 33.9 Å². The van der Waals surface area contributed by atoms with Crippen LogP contribution in [0.1, 0.15) is 27.6 Å². The predicted molar refractivity (Wildman–Crippen MR) is 93.9 cm³/mol. The van der Waals surface area contributed by atoms with E-state index in [0.717, 1.165) is 4.57 Å². The molecule has 0 amide bonds. The SMILES string of the molecule is CC(=O)c1ccc(OCC(=O)OCC(=O)c2c(N)n(C)c(=O)[nH]c2=O)cc1. The number of anilines is 1. The van der Waals surface area contributed by atoms with E-state index < -0.39 is 41.8 Å². The molecule has 0 radical (unpaired) electrons. The van der Waals surface area contributed by atoms with Crippen molar-refractivity contribution in [2.75, 3.05) is 18.9 Å². The first kappa shape index (κ1) is 19.6. The first-order valence-corrected chi connectivity index (χ1v) is 7.72. The lowest BCUT2D eigenvalue weighted by molar-refractivity contribution is -0.144. The van der Waals surface area contributed by atoms with Gasteiger partial charge in [-0.3, -0.25) is 23.9 Å². The number of nitrogen functional groups attached to an aromatic ring is 1. The average molecular weight is 375 g/mol. The molecule has 142 valence electrons. The molecule has 1 aromatic carbocycles. The molecule has 0 aliphatic heterocycles. The van der Waals surface area contributed by atoms with Crippen molar-refractivity contribution in [1.29, 1.82) is 0 Å². The number of ketones is 2. The Kier molecular flexibility index (Phi) is 5.91. The number of hydrogen-bond acceptors (Lipinski definition) is 8. The first-order chi connectivity index (χ1) is 12.7. The maximum absolute atomic E-state index is 12.1. The smallest absolute Gasteiger partial charge is 0.344 e. The molecule has 27 heavy (non-hydrogen) atoms. The van der Waals surface area contributed by atoms with Crippen LogP contribution in [0, 0.1) is 0 Å². The van der Waals surface area contributed by atoms with Gasteiger partial charge in [0.15, 0.2) is 19.0 Å². The van der Waals surface area contributed by atoms with Crippen LogP contribution in [0.4, 0.5) is 5.82 Å². The fraction of sp³-hybridized carbons (Fsp3) is 0.235. The summed E-state index contributed by atoms with van der Waals surface area (Å²) in [7, 11) is 1.28. The molecule has 10 heteroatoms. The number of ether oxygens (including phenoxy) is 2. The second-order valence-corrected chi connectivity index (χ2v) is 5.53. The second-order valence-electron chi connectivity index (χ2n) is 5.53. The molecule has 2 aromatic rings. The summed E-state index contributed by atoms with van der Waals surface area (Å²) in [4.78, 5) is 60.0. The van der Waals surface area contributed by atoms with Gasteiger partial charge in [-0.15, -0.1) is 0 Å². The van der Waals surface area contributed by atoms with E-state index in [1.165, 1.54) is 26.1 Å². The number of H-pyrrole nitrogens is 1. The van der Waals surface area contributed by atoms with Gasteiger partial charge in [0.05, 0.1) is 0 Å². The number of carbonyl (C=O) groups is 3. The van der Waals surface area contributed by atoms with Gasteiger partial charge < -0.3 is 15.2 Å². The summed E-state index contributed by atoms with van der Waals surface area (Å²) in [5.41, 5.74) is 3.89. The molecule has 0 atom stereocenters. The maximum Gasteiger partial charge on any atom is 0.344 e. The number of aromatic nitrogens is 2. The van der Waals surface area contributed by atoms with Gasteiger partial charge >= 0.3 is 11.7 Å². The number of hydrogen-bond donors (Lipinski definition) is 2. The zero-order chi connectivity index (χ0) is 20.1. The topological polar surface area (TPSA) is 151 Å². The lowest BCUT2D eigenvalue weighted by Crippen LogP contribution is -2.36. The normalized spacial score (nSPS) is 10.3. The monoisotopic (exact) mass is 375 g/mol. The maximum atomic E-state index is 12.1. The molecule has 1 aromatic heterocycles. The van der Waals surface area contributed by atoms with Crippen molar-refractivity contribution in [2.45, 2.75) is 6.92 Å². The number of nitrogens with zero attached hydrogens (tertiary/aromatic N) is 1. The number of carbonyl (C=O) groups excluding carboxylic acids is 3. The Balaban J connectivity index is 1.93. The largest absolute Gasteiger partial charge is 0.482 e. The molecule has 0 bridgehead atoms. The highest BCUT2D eigenvalue weighted by Gasteiger charge is 2.19. The van der Waals surface area contributed by atoms with Crippen molar-refractivity contribution in [2.24, 2.45) is 7.05 Å². The summed E-state index contributed by atoms with van der Waals surface area (Å²) in [6.07, 6.45) is 0. The van der Waals surface area contributed by atoms with Gasteiger partial charge in [0.2, 0.25) is 5.78 Å². The number of Topliss-reactive ketones (excluding diaryl/α,β-unsaturated/α-hetero) is 2. The number of rotatable bonds is 7. The third-order valence-electron chi connectivity index (χ3n) is 3.63. The minimum Gasteiger partial charge on any atom is -0.482 e. The summed E-state index contributed by atoms with van der Waals surface area (Å²) in [5.74, 6) is -1.80. The van der Waals surface area contributed by atoms with E-state index in [0.29, 0.717) is 11.3 Å². The van der Waals surface area contributed by atoms with Crippen LogP contribution in [-0.4, -0.2) is 40.3 Å². The average Bonchev–Trinajstić information content (AvgIpc) is 2.63. The van der Waals surface area contributed by atoms with Crippen LogP contribution in [0.2, 0.25) is 0 Å². The molecule has 2 rings (SSSR count). The van der Waals surface area contributed by atoms with Crippen molar-refractivity contribution in [3.05, 3.63) is 56.2 Å². The summed E-state index contributed by atoms with van der Waals surface area (Å²) >= 11 is 0. The van der Waals surface area contributed by atoms with Gasteiger partial charge in [0.25, 0.3) is 5.56 Å². The minimum absolute atomic E-state index is 0.104. The lowest BCUT2D eigenvalue weighted by Gasteiger charge is -2.09. The highest BCUT2D eigenvalue weighted by atomic mass is 16.6. The Morgan fingerprint density at radius 1 is 1.11 bits per heavy atom. The van der Waals surface area contributed by atoms with E-state index in [2.05, 4.69) is 0 Å². The van der Waals surface area contributed by atoms with Gasteiger partial charge in [-0.1, -0.05) is 0 Å². The fourth-order valence-electron chi connectivity index (χ4n) is 2.09. The van der Waals surface area contributed by atoms with E-state index in [1.807, 2.05) is 4.98 Å². The molecular formula is C17H17N3O7. The second kappa shape index (κ2) is 8.13. The van der Waals surface area contributed by atoms with E-state index >= 15 is 0 Å². The van der Waals surface area contributed by atoms with E-state index in [-0.39, 0.29) is 11.6 Å². The van der Waals surface area contributed by atoms with Crippen LogP contribution in [0.25, 0.3) is 0 Å². The Hall–Kier alpha value is -3.69. The van der Waals surface area contributed by atoms with Crippen LogP contribution < -0.4 is 21.7 Å². The Morgan fingerprint density at radius 3 is 2.33 bits per heavy atom.